The number of methoxy groups -OCH3 is 1. The molecule has 208 valence electrons. The highest BCUT2D eigenvalue weighted by molar-refractivity contribution is 6.17. The molecule has 0 radical (unpaired) electrons. The fourth-order valence-electron chi connectivity index (χ4n) is 6.96. The number of nitrogens with zero attached hydrogens (tertiary/aromatic N) is 1. The van der Waals surface area contributed by atoms with Crippen LogP contribution < -0.4 is 24.4 Å². The summed E-state index contributed by atoms with van der Waals surface area (Å²) in [7, 11) is 1.60. The maximum absolute atomic E-state index is 14.9. The van der Waals surface area contributed by atoms with Crippen molar-refractivity contribution in [3.8, 4) is 17.2 Å². The van der Waals surface area contributed by atoms with Crippen molar-refractivity contribution in [2.45, 2.75) is 38.3 Å². The van der Waals surface area contributed by atoms with Crippen molar-refractivity contribution < 1.29 is 28.6 Å². The van der Waals surface area contributed by atoms with Gasteiger partial charge in [0.2, 0.25) is 12.7 Å². The van der Waals surface area contributed by atoms with Crippen molar-refractivity contribution in [1.82, 2.24) is 0 Å². The van der Waals surface area contributed by atoms with Crippen LogP contribution >= 0.6 is 0 Å². The van der Waals surface area contributed by atoms with E-state index in [0.717, 1.165) is 11.3 Å². The topological polar surface area (TPSA) is 94.2 Å². The van der Waals surface area contributed by atoms with Gasteiger partial charge in [-0.3, -0.25) is 14.4 Å². The first kappa shape index (κ1) is 25.4. The number of ether oxygens (including phenoxy) is 3. The Morgan fingerprint density at radius 3 is 2.59 bits per heavy atom. The number of carbonyl (C=O) groups excluding carboxylic acids is 3. The monoisotopic (exact) mass is 550 g/mol. The van der Waals surface area contributed by atoms with Crippen molar-refractivity contribution in [2.75, 3.05) is 24.1 Å². The molecule has 0 bridgehead atoms. The van der Waals surface area contributed by atoms with Gasteiger partial charge in [-0.1, -0.05) is 51.1 Å². The first-order valence-corrected chi connectivity index (χ1v) is 13.7. The highest BCUT2D eigenvalue weighted by atomic mass is 16.7. The summed E-state index contributed by atoms with van der Waals surface area (Å²) in [5, 5.41) is 3.05. The van der Waals surface area contributed by atoms with Gasteiger partial charge in [0.05, 0.1) is 19.1 Å². The molecule has 3 aromatic carbocycles. The summed E-state index contributed by atoms with van der Waals surface area (Å²) < 4.78 is 16.5. The van der Waals surface area contributed by atoms with Gasteiger partial charge >= 0.3 is 0 Å². The van der Waals surface area contributed by atoms with Crippen LogP contribution in [0.15, 0.2) is 66.7 Å². The lowest BCUT2D eigenvalue weighted by atomic mass is 9.63. The Balaban J connectivity index is 1.51. The van der Waals surface area contributed by atoms with E-state index in [4.69, 9.17) is 14.2 Å². The smallest absolute Gasteiger partial charge is 0.238 e. The molecule has 4 heterocycles. The molecular formula is C33H30N2O6. The first-order valence-electron chi connectivity index (χ1n) is 13.7. The third-order valence-electron chi connectivity index (χ3n) is 8.79. The number of anilines is 2. The minimum Gasteiger partial charge on any atom is -0.497 e. The maximum atomic E-state index is 14.9. The molecule has 4 aliphatic heterocycles. The quantitative estimate of drug-likeness (QED) is 0.457. The molecule has 0 aliphatic carbocycles. The van der Waals surface area contributed by atoms with Gasteiger partial charge in [0, 0.05) is 27.9 Å². The van der Waals surface area contributed by atoms with Crippen molar-refractivity contribution in [2.24, 2.45) is 11.3 Å². The summed E-state index contributed by atoms with van der Waals surface area (Å²) in [5.74, 6) is -0.0376. The molecule has 8 heteroatoms. The average Bonchev–Trinajstić information content (AvgIpc) is 3.64. The van der Waals surface area contributed by atoms with E-state index in [0.29, 0.717) is 34.1 Å². The molecule has 1 spiro atoms. The number of para-hydroxylation sites is 1. The Bertz CT molecular complexity index is 1670. The number of hydrogen-bond acceptors (Lipinski definition) is 7. The SMILES string of the molecule is COc1ccc2c(c1)C=C[C@H]1N2[C@@H](C(=O)C(C)(C)C)[C@@H](C(=O)c2ccc3c(c2)OCO3)[C@]12C(=O)Nc1ccccc12. The van der Waals surface area contributed by atoms with Gasteiger partial charge in [-0.15, -0.1) is 0 Å². The minimum atomic E-state index is -1.36. The number of hydrogen-bond donors (Lipinski definition) is 1. The number of nitrogens with one attached hydrogen (secondary N) is 1. The van der Waals surface area contributed by atoms with Crippen LogP contribution in [-0.2, 0) is 15.0 Å². The van der Waals surface area contributed by atoms with E-state index in [1.807, 2.05) is 80.3 Å². The number of carbonyl (C=O) groups is 3. The summed E-state index contributed by atoms with van der Waals surface area (Å²) in [6, 6.07) is 16.7. The second kappa shape index (κ2) is 8.70. The van der Waals surface area contributed by atoms with Gasteiger partial charge in [0.15, 0.2) is 23.1 Å². The van der Waals surface area contributed by atoms with Crippen molar-refractivity contribution in [1.29, 1.82) is 0 Å². The molecule has 3 aromatic rings. The zero-order chi connectivity index (χ0) is 28.7. The lowest BCUT2D eigenvalue weighted by Crippen LogP contribution is -2.51. The lowest BCUT2D eigenvalue weighted by molar-refractivity contribution is -0.128. The zero-order valence-corrected chi connectivity index (χ0v) is 23.3. The first-order chi connectivity index (χ1) is 19.7. The Morgan fingerprint density at radius 1 is 1.02 bits per heavy atom. The molecule has 1 amide bonds. The van der Waals surface area contributed by atoms with Crippen LogP contribution in [0.1, 0.15) is 42.3 Å². The zero-order valence-electron chi connectivity index (χ0n) is 23.3. The molecule has 4 aliphatic rings. The fraction of sp³-hybridized carbons (Fsp3) is 0.303. The number of fused-ring (bicyclic) bond motifs is 7. The van der Waals surface area contributed by atoms with E-state index in [1.165, 1.54) is 0 Å². The Labute approximate surface area is 237 Å². The molecule has 41 heavy (non-hydrogen) atoms. The van der Waals surface area contributed by atoms with Crippen LogP contribution in [0.4, 0.5) is 11.4 Å². The minimum absolute atomic E-state index is 0.0716. The molecule has 1 saturated heterocycles. The van der Waals surface area contributed by atoms with E-state index in [1.54, 1.807) is 25.3 Å². The van der Waals surface area contributed by atoms with E-state index in [-0.39, 0.29) is 24.3 Å². The van der Waals surface area contributed by atoms with E-state index in [2.05, 4.69) is 5.32 Å². The van der Waals surface area contributed by atoms with Gasteiger partial charge in [0.1, 0.15) is 17.2 Å². The van der Waals surface area contributed by atoms with Crippen molar-refractivity contribution in [3.63, 3.8) is 0 Å². The summed E-state index contributed by atoms with van der Waals surface area (Å²) >= 11 is 0. The second-order valence-electron chi connectivity index (χ2n) is 12.0. The summed E-state index contributed by atoms with van der Waals surface area (Å²) in [6.45, 7) is 5.64. The van der Waals surface area contributed by atoms with Gasteiger partial charge in [-0.2, -0.15) is 0 Å². The average molecular weight is 551 g/mol. The van der Waals surface area contributed by atoms with Gasteiger partial charge in [-0.25, -0.2) is 0 Å². The van der Waals surface area contributed by atoms with Gasteiger partial charge < -0.3 is 24.4 Å². The highest BCUT2D eigenvalue weighted by Gasteiger charge is 2.70. The normalized spacial score (nSPS) is 25.0. The number of Topliss-reactive ketones (excluding diaryl/α,β-unsaturated/α-hetero) is 2. The molecule has 0 unspecified atom stereocenters. The van der Waals surface area contributed by atoms with Crippen LogP contribution in [-0.4, -0.2) is 43.5 Å². The molecule has 0 saturated carbocycles. The highest BCUT2D eigenvalue weighted by Crippen LogP contribution is 2.58. The molecule has 0 aromatic heterocycles. The van der Waals surface area contributed by atoms with Gasteiger partial charge in [-0.05, 0) is 48.0 Å². The van der Waals surface area contributed by atoms with Crippen LogP contribution in [0.5, 0.6) is 17.2 Å². The Morgan fingerprint density at radius 2 is 1.80 bits per heavy atom. The predicted octanol–water partition coefficient (Wildman–Crippen LogP) is 5.01. The summed E-state index contributed by atoms with van der Waals surface area (Å²) in [4.78, 5) is 45.8. The number of benzene rings is 3. The van der Waals surface area contributed by atoms with Crippen molar-refractivity contribution in [3.05, 3.63) is 83.4 Å². The summed E-state index contributed by atoms with van der Waals surface area (Å²) in [5.41, 5.74) is 1.20. The maximum Gasteiger partial charge on any atom is 0.238 e. The van der Waals surface area contributed by atoms with Crippen molar-refractivity contribution >= 4 is 34.9 Å². The van der Waals surface area contributed by atoms with E-state index >= 15 is 0 Å². The molecule has 1 N–H and O–H groups in total. The van der Waals surface area contributed by atoms with Gasteiger partial charge in [0.25, 0.3) is 0 Å². The summed E-state index contributed by atoms with van der Waals surface area (Å²) in [6.07, 6.45) is 3.92. The molecule has 4 atom stereocenters. The molecular weight excluding hydrogens is 520 g/mol. The third-order valence-corrected chi connectivity index (χ3v) is 8.79. The molecule has 8 nitrogen and oxygen atoms in total. The second-order valence-corrected chi connectivity index (χ2v) is 12.0. The molecule has 1 fully saturated rings. The fourth-order valence-corrected chi connectivity index (χ4v) is 6.96. The largest absolute Gasteiger partial charge is 0.497 e. The third kappa shape index (κ3) is 3.43. The molecule has 7 rings (SSSR count). The van der Waals surface area contributed by atoms with Crippen LogP contribution in [0.3, 0.4) is 0 Å². The van der Waals surface area contributed by atoms with Crippen LogP contribution in [0.2, 0.25) is 0 Å². The number of amides is 1. The van der Waals surface area contributed by atoms with E-state index in [9.17, 15) is 14.4 Å². The predicted molar refractivity (Wildman–Crippen MR) is 154 cm³/mol. The Kier molecular flexibility index (Phi) is 5.39. The van der Waals surface area contributed by atoms with E-state index < -0.39 is 28.8 Å². The lowest BCUT2D eigenvalue weighted by Gasteiger charge is -2.38. The number of rotatable bonds is 4. The van der Waals surface area contributed by atoms with Crippen LogP contribution in [0.25, 0.3) is 6.08 Å². The Hall–Kier alpha value is -4.59. The number of ketones is 2. The standard InChI is InChI=1S/C33H30N2O6/c1-32(2,3)30(37)28-27(29(36)19-9-13-24-25(16-19)41-17-40-24)33(21-7-5-6-8-22(21)34-31(33)38)26-14-10-18-15-20(39-4)11-12-23(18)35(26)28/h5-16,26-28H,17H2,1-4H3,(H,34,38)/t26-,27+,28-,33-/m1/s1. The van der Waals surface area contributed by atoms with Crippen LogP contribution in [0, 0.1) is 11.3 Å².